The van der Waals surface area contributed by atoms with Crippen LogP contribution in [0.2, 0.25) is 0 Å². The number of carbonyl (C=O) groups is 4. The van der Waals surface area contributed by atoms with E-state index in [9.17, 15) is 19.2 Å². The van der Waals surface area contributed by atoms with Crippen molar-refractivity contribution >= 4 is 46.4 Å². The van der Waals surface area contributed by atoms with E-state index in [1.54, 1.807) is 67.0 Å². The van der Waals surface area contributed by atoms with Gasteiger partial charge in [0.15, 0.2) is 11.6 Å². The van der Waals surface area contributed by atoms with E-state index in [1.165, 1.54) is 6.08 Å². The number of amides is 2. The molecule has 3 N–H and O–H groups in total. The maximum absolute atomic E-state index is 13.1. The van der Waals surface area contributed by atoms with Crippen LogP contribution in [0.4, 0.5) is 23.0 Å². The van der Waals surface area contributed by atoms with Crippen molar-refractivity contribution in [1.82, 2.24) is 9.97 Å². The summed E-state index contributed by atoms with van der Waals surface area (Å²) in [4.78, 5) is 57.9. The summed E-state index contributed by atoms with van der Waals surface area (Å²) in [6.45, 7) is 7.17. The number of aromatic nitrogens is 2. The van der Waals surface area contributed by atoms with Gasteiger partial charge in [-0.3, -0.25) is 19.2 Å². The summed E-state index contributed by atoms with van der Waals surface area (Å²) in [6.07, 6.45) is 4.62. The van der Waals surface area contributed by atoms with Crippen LogP contribution in [0.1, 0.15) is 50.2 Å². The molecule has 0 bridgehead atoms. The van der Waals surface area contributed by atoms with Gasteiger partial charge in [0.25, 0.3) is 5.91 Å². The average molecular weight is 562 g/mol. The molecule has 0 atom stereocenters. The molecule has 0 saturated heterocycles. The molecule has 4 aromatic rings. The van der Waals surface area contributed by atoms with Gasteiger partial charge in [0, 0.05) is 59.8 Å². The van der Waals surface area contributed by atoms with E-state index in [1.807, 2.05) is 26.0 Å². The first kappa shape index (κ1) is 29.5. The first-order valence-electron chi connectivity index (χ1n) is 13.3. The fourth-order valence-electron chi connectivity index (χ4n) is 4.15. The molecule has 9 heteroatoms. The molecule has 0 aliphatic heterocycles. The number of hydrogen-bond acceptors (Lipinski definition) is 7. The molecular weight excluding hydrogens is 530 g/mol. The predicted octanol–water partition coefficient (Wildman–Crippen LogP) is 5.99. The van der Waals surface area contributed by atoms with Crippen LogP contribution in [-0.4, -0.2) is 33.3 Å². The Bertz CT molecular complexity index is 1650. The van der Waals surface area contributed by atoms with Gasteiger partial charge in [-0.05, 0) is 73.5 Å². The molecule has 9 nitrogen and oxygen atoms in total. The molecule has 0 aliphatic rings. The van der Waals surface area contributed by atoms with Crippen molar-refractivity contribution in [2.24, 2.45) is 0 Å². The number of nitrogens with one attached hydrogen (secondary N) is 3. The van der Waals surface area contributed by atoms with E-state index >= 15 is 0 Å². The fourth-order valence-corrected chi connectivity index (χ4v) is 4.15. The van der Waals surface area contributed by atoms with Gasteiger partial charge in [-0.2, -0.15) is 0 Å². The Morgan fingerprint density at radius 2 is 1.52 bits per heavy atom. The molecular formula is C33H31N5O4. The first-order valence-corrected chi connectivity index (χ1v) is 13.3. The second-order valence-corrected chi connectivity index (χ2v) is 9.79. The Morgan fingerprint density at radius 3 is 2.26 bits per heavy atom. The maximum atomic E-state index is 13.1. The van der Waals surface area contributed by atoms with Gasteiger partial charge in [-0.15, -0.1) is 0 Å². The summed E-state index contributed by atoms with van der Waals surface area (Å²) in [5.74, 6) is -0.508. The SMILES string of the molecule is C=CC(=O)CCC(=O)Nc1cccc(Nc2ncc(CC(=O)c3cc(NC(=O)c4cccc(C)c4)ccc3C)cn2)c1. The van der Waals surface area contributed by atoms with Crippen LogP contribution < -0.4 is 16.0 Å². The Kier molecular flexibility index (Phi) is 9.68. The van der Waals surface area contributed by atoms with Crippen molar-refractivity contribution in [3.63, 3.8) is 0 Å². The standard InChI is InChI=1S/C33H31N5O4/c1-4-28(39)13-14-31(41)36-25-9-6-10-26(17-25)38-33-34-19-23(20-35-33)16-30(40)29-18-27(12-11-22(29)3)37-32(42)24-8-5-7-21(2)15-24/h4-12,15,17-20H,1,13-14,16H2,2-3H3,(H,36,41)(H,37,42)(H,34,35,38). The second kappa shape index (κ2) is 13.8. The molecule has 1 aromatic heterocycles. The summed E-state index contributed by atoms with van der Waals surface area (Å²) in [5, 5.41) is 8.70. The lowest BCUT2D eigenvalue weighted by atomic mass is 9.99. The van der Waals surface area contributed by atoms with E-state index in [2.05, 4.69) is 32.5 Å². The molecule has 0 fully saturated rings. The summed E-state index contributed by atoms with van der Waals surface area (Å²) in [5.41, 5.74) is 5.22. The highest BCUT2D eigenvalue weighted by atomic mass is 16.2. The minimum Gasteiger partial charge on any atom is -0.326 e. The molecule has 0 saturated carbocycles. The number of rotatable bonds is 12. The minimum absolute atomic E-state index is 0.0671. The fraction of sp³-hybridized carbons (Fsp3) is 0.152. The van der Waals surface area contributed by atoms with Crippen molar-refractivity contribution in [2.75, 3.05) is 16.0 Å². The molecule has 3 aromatic carbocycles. The van der Waals surface area contributed by atoms with Crippen molar-refractivity contribution in [3.05, 3.63) is 120 Å². The molecule has 0 aliphatic carbocycles. The van der Waals surface area contributed by atoms with Crippen molar-refractivity contribution < 1.29 is 19.2 Å². The molecule has 0 unspecified atom stereocenters. The Morgan fingerprint density at radius 1 is 0.810 bits per heavy atom. The monoisotopic (exact) mass is 561 g/mol. The van der Waals surface area contributed by atoms with Crippen LogP contribution in [0, 0.1) is 13.8 Å². The predicted molar refractivity (Wildman–Crippen MR) is 163 cm³/mol. The van der Waals surface area contributed by atoms with E-state index in [0.717, 1.165) is 11.1 Å². The number of benzene rings is 3. The summed E-state index contributed by atoms with van der Waals surface area (Å²) < 4.78 is 0. The van der Waals surface area contributed by atoms with Crippen LogP contribution in [0.5, 0.6) is 0 Å². The quantitative estimate of drug-likeness (QED) is 0.143. The number of nitrogens with zero attached hydrogens (tertiary/aromatic N) is 2. The maximum Gasteiger partial charge on any atom is 0.255 e. The van der Waals surface area contributed by atoms with Crippen LogP contribution >= 0.6 is 0 Å². The van der Waals surface area contributed by atoms with Gasteiger partial charge in [0.2, 0.25) is 11.9 Å². The van der Waals surface area contributed by atoms with Gasteiger partial charge in [-0.25, -0.2) is 9.97 Å². The van der Waals surface area contributed by atoms with Gasteiger partial charge in [0.05, 0.1) is 0 Å². The number of anilines is 4. The van der Waals surface area contributed by atoms with Gasteiger partial charge >= 0.3 is 0 Å². The lowest BCUT2D eigenvalue weighted by molar-refractivity contribution is -0.120. The third-order valence-electron chi connectivity index (χ3n) is 6.37. The van der Waals surface area contributed by atoms with E-state index in [0.29, 0.717) is 39.7 Å². The topological polar surface area (TPSA) is 130 Å². The van der Waals surface area contributed by atoms with Crippen LogP contribution in [-0.2, 0) is 16.0 Å². The molecule has 0 radical (unpaired) electrons. The highest BCUT2D eigenvalue weighted by molar-refractivity contribution is 6.06. The van der Waals surface area contributed by atoms with Crippen LogP contribution in [0.3, 0.4) is 0 Å². The molecule has 2 amide bonds. The molecule has 42 heavy (non-hydrogen) atoms. The smallest absolute Gasteiger partial charge is 0.255 e. The second-order valence-electron chi connectivity index (χ2n) is 9.79. The zero-order valence-electron chi connectivity index (χ0n) is 23.4. The molecule has 212 valence electrons. The van der Waals surface area contributed by atoms with Gasteiger partial charge in [-0.1, -0.05) is 36.4 Å². The highest BCUT2D eigenvalue weighted by Gasteiger charge is 2.14. The lowest BCUT2D eigenvalue weighted by Gasteiger charge is -2.11. The number of Topliss-reactive ketones (excluding diaryl/α,β-unsaturated/α-hetero) is 1. The number of aryl methyl sites for hydroxylation is 2. The van der Waals surface area contributed by atoms with E-state index in [-0.39, 0.29) is 42.6 Å². The minimum atomic E-state index is -0.276. The Hall–Kier alpha value is -5.44. The summed E-state index contributed by atoms with van der Waals surface area (Å²) >= 11 is 0. The van der Waals surface area contributed by atoms with Crippen molar-refractivity contribution in [3.8, 4) is 0 Å². The van der Waals surface area contributed by atoms with E-state index in [4.69, 9.17) is 0 Å². The number of hydrogen-bond donors (Lipinski definition) is 3. The zero-order chi connectivity index (χ0) is 30.1. The van der Waals surface area contributed by atoms with Gasteiger partial charge < -0.3 is 16.0 Å². The first-order chi connectivity index (χ1) is 20.2. The summed E-state index contributed by atoms with van der Waals surface area (Å²) in [7, 11) is 0. The van der Waals surface area contributed by atoms with Crippen molar-refractivity contribution in [2.45, 2.75) is 33.1 Å². The Balaban J connectivity index is 1.36. The number of allylic oxidation sites excluding steroid dienone is 1. The molecule has 0 spiro atoms. The normalized spacial score (nSPS) is 10.4. The van der Waals surface area contributed by atoms with Crippen LogP contribution in [0.15, 0.2) is 91.8 Å². The zero-order valence-corrected chi connectivity index (χ0v) is 23.4. The average Bonchev–Trinajstić information content (AvgIpc) is 2.98. The van der Waals surface area contributed by atoms with E-state index < -0.39 is 0 Å². The molecule has 4 rings (SSSR count). The summed E-state index contributed by atoms with van der Waals surface area (Å²) in [6, 6.07) is 19.6. The third-order valence-corrected chi connectivity index (χ3v) is 6.37. The lowest BCUT2D eigenvalue weighted by Crippen LogP contribution is -2.13. The highest BCUT2D eigenvalue weighted by Crippen LogP contribution is 2.21. The van der Waals surface area contributed by atoms with Crippen LogP contribution in [0.25, 0.3) is 0 Å². The van der Waals surface area contributed by atoms with Crippen molar-refractivity contribution in [1.29, 1.82) is 0 Å². The number of carbonyl (C=O) groups excluding carboxylic acids is 4. The molecule has 1 heterocycles. The largest absolute Gasteiger partial charge is 0.326 e. The Labute approximate surface area is 244 Å². The number of ketones is 2. The van der Waals surface area contributed by atoms with Gasteiger partial charge in [0.1, 0.15) is 0 Å². The third kappa shape index (κ3) is 8.28.